The molecule has 4 aromatic heterocycles. The van der Waals surface area contributed by atoms with Gasteiger partial charge in [-0.15, -0.1) is 11.3 Å². The molecule has 32 heavy (non-hydrogen) atoms. The minimum Gasteiger partial charge on any atom is -0.455 e. The summed E-state index contributed by atoms with van der Waals surface area (Å²) in [5, 5.41) is 5.32. The van der Waals surface area contributed by atoms with Gasteiger partial charge >= 0.3 is 5.97 Å². The highest BCUT2D eigenvalue weighted by Crippen LogP contribution is 2.31. The molecule has 5 rings (SSSR count). The number of carbonyl (C=O) groups is 1. The first-order valence-electron chi connectivity index (χ1n) is 9.81. The third kappa shape index (κ3) is 3.46. The van der Waals surface area contributed by atoms with Crippen molar-refractivity contribution in [1.29, 1.82) is 0 Å². The number of thiophene rings is 1. The molecule has 0 aliphatic carbocycles. The number of aromatic nitrogens is 4. The number of pyridine rings is 1. The summed E-state index contributed by atoms with van der Waals surface area (Å²) in [4.78, 5) is 30.7. The van der Waals surface area contributed by atoms with Gasteiger partial charge in [0.05, 0.1) is 17.1 Å². The number of hydrogen-bond donors (Lipinski definition) is 0. The van der Waals surface area contributed by atoms with E-state index in [-0.39, 0.29) is 18.0 Å². The van der Waals surface area contributed by atoms with E-state index in [9.17, 15) is 14.0 Å². The molecular formula is C23H17FN4O3S. The van der Waals surface area contributed by atoms with Crippen molar-refractivity contribution in [2.75, 3.05) is 0 Å². The molecule has 0 saturated heterocycles. The predicted molar refractivity (Wildman–Crippen MR) is 119 cm³/mol. The Bertz CT molecular complexity index is 1550. The van der Waals surface area contributed by atoms with Crippen LogP contribution in [-0.4, -0.2) is 25.1 Å². The number of ether oxygens (including phenoxy) is 1. The van der Waals surface area contributed by atoms with E-state index in [1.54, 1.807) is 35.1 Å². The van der Waals surface area contributed by atoms with Crippen LogP contribution in [0.5, 0.6) is 0 Å². The molecule has 7 nitrogen and oxygen atoms in total. The van der Waals surface area contributed by atoms with E-state index in [0.29, 0.717) is 21.9 Å². The highest BCUT2D eigenvalue weighted by atomic mass is 32.1. The number of aryl methyl sites for hydroxylation is 2. The van der Waals surface area contributed by atoms with Gasteiger partial charge < -0.3 is 4.74 Å². The fourth-order valence-corrected chi connectivity index (χ4v) is 4.58. The Balaban J connectivity index is 1.42. The molecule has 0 fully saturated rings. The summed E-state index contributed by atoms with van der Waals surface area (Å²) in [5.74, 6) is -0.843. The molecule has 0 radical (unpaired) electrons. The molecule has 0 saturated carbocycles. The zero-order valence-electron chi connectivity index (χ0n) is 17.2. The summed E-state index contributed by atoms with van der Waals surface area (Å²) in [5.41, 5.74) is 2.97. The quantitative estimate of drug-likeness (QED) is 0.385. The van der Waals surface area contributed by atoms with E-state index in [1.807, 2.05) is 19.9 Å². The van der Waals surface area contributed by atoms with E-state index in [0.717, 1.165) is 21.5 Å². The van der Waals surface area contributed by atoms with Gasteiger partial charge in [0.15, 0.2) is 0 Å². The lowest BCUT2D eigenvalue weighted by molar-refractivity contribution is 0.0473. The molecule has 0 spiro atoms. The highest BCUT2D eigenvalue weighted by molar-refractivity contribution is 7.20. The lowest BCUT2D eigenvalue weighted by atomic mass is 10.3. The van der Waals surface area contributed by atoms with Crippen molar-refractivity contribution in [2.45, 2.75) is 20.5 Å². The van der Waals surface area contributed by atoms with Gasteiger partial charge in [0.2, 0.25) is 0 Å². The van der Waals surface area contributed by atoms with Gasteiger partial charge in [-0.25, -0.2) is 18.9 Å². The van der Waals surface area contributed by atoms with Crippen molar-refractivity contribution < 1.29 is 13.9 Å². The van der Waals surface area contributed by atoms with Crippen LogP contribution in [0.4, 0.5) is 4.39 Å². The minimum atomic E-state index is -0.511. The first kappa shape index (κ1) is 20.1. The fraction of sp³-hybridized carbons (Fsp3) is 0.130. The van der Waals surface area contributed by atoms with Crippen molar-refractivity contribution >= 4 is 33.2 Å². The normalized spacial score (nSPS) is 11.3. The molecule has 0 amide bonds. The molecule has 9 heteroatoms. The maximum atomic E-state index is 13.3. The van der Waals surface area contributed by atoms with Crippen molar-refractivity contribution in [3.05, 3.63) is 92.7 Å². The SMILES string of the molecule is Cc1nn(-c2ccc(F)cc2)c2sc(C(=O)OCc3cc(=O)n4cccc(C)c4n3)cc12. The van der Waals surface area contributed by atoms with Crippen LogP contribution in [0.2, 0.25) is 0 Å². The van der Waals surface area contributed by atoms with Gasteiger partial charge in [-0.2, -0.15) is 5.10 Å². The number of benzene rings is 1. The van der Waals surface area contributed by atoms with E-state index >= 15 is 0 Å². The van der Waals surface area contributed by atoms with Crippen LogP contribution in [-0.2, 0) is 11.3 Å². The summed E-state index contributed by atoms with van der Waals surface area (Å²) < 4.78 is 21.9. The highest BCUT2D eigenvalue weighted by Gasteiger charge is 2.18. The monoisotopic (exact) mass is 448 g/mol. The lowest BCUT2D eigenvalue weighted by Gasteiger charge is -2.07. The second-order valence-electron chi connectivity index (χ2n) is 7.35. The van der Waals surface area contributed by atoms with Crippen molar-refractivity contribution in [2.24, 2.45) is 0 Å². The summed E-state index contributed by atoms with van der Waals surface area (Å²) in [6.45, 7) is 3.59. The van der Waals surface area contributed by atoms with Gasteiger partial charge in [-0.3, -0.25) is 9.20 Å². The third-order valence-electron chi connectivity index (χ3n) is 5.11. The van der Waals surface area contributed by atoms with E-state index in [2.05, 4.69) is 10.1 Å². The average Bonchev–Trinajstić information content (AvgIpc) is 3.34. The molecule has 5 aromatic rings. The number of carbonyl (C=O) groups excluding carboxylic acids is 1. The van der Waals surface area contributed by atoms with Crippen LogP contribution >= 0.6 is 11.3 Å². The molecule has 0 atom stereocenters. The van der Waals surface area contributed by atoms with Gasteiger partial charge in [-0.1, -0.05) is 6.07 Å². The Kier molecular flexibility index (Phi) is 4.82. The maximum absolute atomic E-state index is 13.3. The minimum absolute atomic E-state index is 0.115. The molecular weight excluding hydrogens is 431 g/mol. The number of nitrogens with zero attached hydrogens (tertiary/aromatic N) is 4. The van der Waals surface area contributed by atoms with E-state index in [4.69, 9.17) is 4.74 Å². The smallest absolute Gasteiger partial charge is 0.348 e. The fourth-order valence-electron chi connectivity index (χ4n) is 3.50. The van der Waals surface area contributed by atoms with Gasteiger partial charge in [-0.05, 0) is 55.8 Å². The van der Waals surface area contributed by atoms with Crippen molar-refractivity contribution in [3.8, 4) is 5.69 Å². The number of esters is 1. The Morgan fingerprint density at radius 2 is 1.94 bits per heavy atom. The number of halogens is 1. The second kappa shape index (κ2) is 7.69. The number of hydrogen-bond acceptors (Lipinski definition) is 6. The van der Waals surface area contributed by atoms with Gasteiger partial charge in [0.1, 0.15) is 27.8 Å². The summed E-state index contributed by atoms with van der Waals surface area (Å²) in [7, 11) is 0. The summed E-state index contributed by atoms with van der Waals surface area (Å²) in [6.07, 6.45) is 1.65. The zero-order valence-corrected chi connectivity index (χ0v) is 18.0. The molecule has 0 N–H and O–H groups in total. The molecule has 1 aromatic carbocycles. The zero-order chi connectivity index (χ0) is 22.4. The third-order valence-corrected chi connectivity index (χ3v) is 6.20. The van der Waals surface area contributed by atoms with E-state index in [1.165, 1.54) is 33.9 Å². The van der Waals surface area contributed by atoms with Crippen LogP contribution in [0.1, 0.15) is 26.6 Å². The molecule has 0 aliphatic heterocycles. The van der Waals surface area contributed by atoms with Gasteiger partial charge in [0.25, 0.3) is 5.56 Å². The first-order chi connectivity index (χ1) is 15.4. The second-order valence-corrected chi connectivity index (χ2v) is 8.38. The standard InChI is InChI=1S/C23H17FN4O3S/c1-13-4-3-9-27-20(29)10-16(25-21(13)27)12-31-23(30)19-11-18-14(2)26-28(22(18)32-19)17-7-5-15(24)6-8-17/h3-11H,12H2,1-2H3. The molecule has 160 valence electrons. The topological polar surface area (TPSA) is 78.5 Å². The average molecular weight is 448 g/mol. The molecule has 0 bridgehead atoms. The largest absolute Gasteiger partial charge is 0.455 e. The van der Waals surface area contributed by atoms with Crippen molar-refractivity contribution in [1.82, 2.24) is 19.2 Å². The van der Waals surface area contributed by atoms with Crippen LogP contribution < -0.4 is 5.56 Å². The maximum Gasteiger partial charge on any atom is 0.348 e. The predicted octanol–water partition coefficient (Wildman–Crippen LogP) is 4.21. The van der Waals surface area contributed by atoms with Crippen LogP contribution in [0.15, 0.2) is 59.5 Å². The Hall–Kier alpha value is -3.85. The van der Waals surface area contributed by atoms with Crippen LogP contribution in [0.25, 0.3) is 21.6 Å². The Morgan fingerprint density at radius 1 is 1.16 bits per heavy atom. The Labute approximate surface area is 185 Å². The summed E-state index contributed by atoms with van der Waals surface area (Å²) >= 11 is 1.24. The number of fused-ring (bicyclic) bond motifs is 2. The van der Waals surface area contributed by atoms with Crippen LogP contribution in [0, 0.1) is 19.7 Å². The van der Waals surface area contributed by atoms with Crippen molar-refractivity contribution in [3.63, 3.8) is 0 Å². The van der Waals surface area contributed by atoms with Crippen LogP contribution in [0.3, 0.4) is 0 Å². The Morgan fingerprint density at radius 3 is 2.72 bits per heavy atom. The molecule has 0 unspecified atom stereocenters. The molecule has 0 aliphatic rings. The number of rotatable bonds is 4. The molecule has 4 heterocycles. The first-order valence-corrected chi connectivity index (χ1v) is 10.6. The lowest BCUT2D eigenvalue weighted by Crippen LogP contribution is -2.17. The summed E-state index contributed by atoms with van der Waals surface area (Å²) in [6, 6.07) is 12.7. The van der Waals surface area contributed by atoms with Gasteiger partial charge in [0, 0.05) is 17.6 Å². The van der Waals surface area contributed by atoms with E-state index < -0.39 is 5.97 Å².